The van der Waals surface area contributed by atoms with E-state index < -0.39 is 0 Å². The third-order valence-corrected chi connectivity index (χ3v) is 4.29. The topological polar surface area (TPSA) is 41.1 Å². The van der Waals surface area contributed by atoms with Crippen molar-refractivity contribution in [2.75, 3.05) is 31.1 Å². The van der Waals surface area contributed by atoms with Gasteiger partial charge < -0.3 is 10.2 Å². The van der Waals surface area contributed by atoms with Gasteiger partial charge in [0.15, 0.2) is 0 Å². The van der Waals surface area contributed by atoms with Crippen LogP contribution in [0, 0.1) is 6.92 Å². The van der Waals surface area contributed by atoms with Gasteiger partial charge in [-0.2, -0.15) is 0 Å². The van der Waals surface area contributed by atoms with Crippen molar-refractivity contribution in [3.05, 3.63) is 54.1 Å². The number of nitrogens with zero attached hydrogens (tertiary/aromatic N) is 3. The van der Waals surface area contributed by atoms with E-state index in [-0.39, 0.29) is 0 Å². The van der Waals surface area contributed by atoms with Gasteiger partial charge in [0.05, 0.1) is 11.2 Å². The van der Waals surface area contributed by atoms with Crippen LogP contribution < -0.4 is 10.2 Å². The molecule has 23 heavy (non-hydrogen) atoms. The number of aromatic nitrogens is 2. The Kier molecular flexibility index (Phi) is 3.67. The Labute approximate surface area is 136 Å². The molecule has 1 aromatic heterocycles. The molecule has 0 saturated carbocycles. The number of piperazine rings is 1. The lowest BCUT2D eigenvalue weighted by Gasteiger charge is -2.28. The second kappa shape index (κ2) is 5.97. The maximum atomic E-state index is 4.92. The minimum Gasteiger partial charge on any atom is -0.338 e. The van der Waals surface area contributed by atoms with Crippen molar-refractivity contribution in [1.29, 1.82) is 0 Å². The smallest absolute Gasteiger partial charge is 0.226 e. The molecule has 1 N–H and O–H groups in total. The summed E-state index contributed by atoms with van der Waals surface area (Å²) in [6.45, 7) is 5.97. The van der Waals surface area contributed by atoms with Crippen molar-refractivity contribution in [2.24, 2.45) is 0 Å². The molecule has 0 atom stereocenters. The highest BCUT2D eigenvalue weighted by atomic mass is 15.3. The van der Waals surface area contributed by atoms with Crippen LogP contribution >= 0.6 is 0 Å². The van der Waals surface area contributed by atoms with E-state index in [0.717, 1.165) is 54.3 Å². The molecule has 1 aliphatic heterocycles. The summed E-state index contributed by atoms with van der Waals surface area (Å²) in [4.78, 5) is 12.0. The number of anilines is 1. The average Bonchev–Trinajstić information content (AvgIpc) is 2.62. The van der Waals surface area contributed by atoms with Gasteiger partial charge in [0.2, 0.25) is 5.95 Å². The van der Waals surface area contributed by atoms with E-state index in [4.69, 9.17) is 9.97 Å². The molecule has 2 aromatic carbocycles. The molecule has 0 unspecified atom stereocenters. The van der Waals surface area contributed by atoms with Crippen LogP contribution in [0.5, 0.6) is 0 Å². The van der Waals surface area contributed by atoms with Crippen LogP contribution in [0.3, 0.4) is 0 Å². The second-order valence-electron chi connectivity index (χ2n) is 6.00. The fourth-order valence-corrected chi connectivity index (χ4v) is 3.05. The highest BCUT2D eigenvalue weighted by Gasteiger charge is 2.16. The zero-order valence-electron chi connectivity index (χ0n) is 13.3. The Morgan fingerprint density at radius 1 is 0.957 bits per heavy atom. The van der Waals surface area contributed by atoms with Gasteiger partial charge in [-0.15, -0.1) is 0 Å². The third-order valence-electron chi connectivity index (χ3n) is 4.29. The second-order valence-corrected chi connectivity index (χ2v) is 6.00. The molecule has 4 rings (SSSR count). The summed E-state index contributed by atoms with van der Waals surface area (Å²) in [5.41, 5.74) is 4.40. The lowest BCUT2D eigenvalue weighted by atomic mass is 10.0. The molecule has 0 radical (unpaired) electrons. The van der Waals surface area contributed by atoms with Gasteiger partial charge in [0.25, 0.3) is 0 Å². The van der Waals surface area contributed by atoms with E-state index >= 15 is 0 Å². The van der Waals surface area contributed by atoms with E-state index in [9.17, 15) is 0 Å². The minimum absolute atomic E-state index is 0.835. The fraction of sp³-hybridized carbons (Fsp3) is 0.263. The first-order valence-electron chi connectivity index (χ1n) is 8.11. The van der Waals surface area contributed by atoms with E-state index in [1.807, 2.05) is 6.07 Å². The van der Waals surface area contributed by atoms with E-state index in [2.05, 4.69) is 59.6 Å². The molecular formula is C19H20N4. The number of rotatable bonds is 2. The van der Waals surface area contributed by atoms with E-state index in [0.29, 0.717) is 0 Å². The highest BCUT2D eigenvalue weighted by Crippen LogP contribution is 2.29. The zero-order chi connectivity index (χ0) is 15.6. The van der Waals surface area contributed by atoms with Gasteiger partial charge in [-0.05, 0) is 19.1 Å². The third kappa shape index (κ3) is 2.78. The zero-order valence-corrected chi connectivity index (χ0v) is 13.3. The largest absolute Gasteiger partial charge is 0.338 e. The van der Waals surface area contributed by atoms with Crippen molar-refractivity contribution in [1.82, 2.24) is 15.3 Å². The number of benzene rings is 2. The van der Waals surface area contributed by atoms with Crippen molar-refractivity contribution < 1.29 is 0 Å². The van der Waals surface area contributed by atoms with Crippen LogP contribution in [0.4, 0.5) is 5.95 Å². The van der Waals surface area contributed by atoms with Crippen molar-refractivity contribution in [3.8, 4) is 11.3 Å². The quantitative estimate of drug-likeness (QED) is 0.790. The summed E-state index contributed by atoms with van der Waals surface area (Å²) in [6, 6.07) is 16.8. The Balaban J connectivity index is 1.91. The lowest BCUT2D eigenvalue weighted by molar-refractivity contribution is 0.581. The van der Waals surface area contributed by atoms with Crippen LogP contribution in [0.1, 0.15) is 5.56 Å². The number of hydrogen-bond acceptors (Lipinski definition) is 4. The predicted octanol–water partition coefficient (Wildman–Crippen LogP) is 3.01. The van der Waals surface area contributed by atoms with E-state index in [1.165, 1.54) is 5.56 Å². The molecular weight excluding hydrogens is 284 g/mol. The van der Waals surface area contributed by atoms with Crippen LogP contribution in [0.25, 0.3) is 22.2 Å². The molecule has 0 bridgehead atoms. The molecule has 3 aromatic rings. The van der Waals surface area contributed by atoms with Crippen LogP contribution in [0.15, 0.2) is 48.5 Å². The number of fused-ring (bicyclic) bond motifs is 1. The Morgan fingerprint density at radius 2 is 1.74 bits per heavy atom. The first kappa shape index (κ1) is 14.2. The van der Waals surface area contributed by atoms with E-state index in [1.54, 1.807) is 0 Å². The van der Waals surface area contributed by atoms with Gasteiger partial charge >= 0.3 is 0 Å². The summed E-state index contributed by atoms with van der Waals surface area (Å²) in [7, 11) is 0. The SMILES string of the molecule is Cc1ccc2nc(N3CCNCC3)nc(-c3ccccc3)c2c1. The first-order valence-corrected chi connectivity index (χ1v) is 8.11. The maximum absolute atomic E-state index is 4.92. The molecule has 1 aliphatic rings. The van der Waals surface area contributed by atoms with Crippen molar-refractivity contribution >= 4 is 16.9 Å². The summed E-state index contributed by atoms with van der Waals surface area (Å²) in [5.74, 6) is 0.835. The Bertz CT molecular complexity index is 823. The van der Waals surface area contributed by atoms with Crippen LogP contribution in [-0.2, 0) is 0 Å². The molecule has 0 aliphatic carbocycles. The van der Waals surface area contributed by atoms with Crippen LogP contribution in [0.2, 0.25) is 0 Å². The Hall–Kier alpha value is -2.46. The molecule has 0 spiro atoms. The molecule has 4 nitrogen and oxygen atoms in total. The first-order chi connectivity index (χ1) is 11.3. The van der Waals surface area contributed by atoms with Gasteiger partial charge in [-0.25, -0.2) is 9.97 Å². The lowest BCUT2D eigenvalue weighted by Crippen LogP contribution is -2.44. The maximum Gasteiger partial charge on any atom is 0.226 e. The van der Waals surface area contributed by atoms with Gasteiger partial charge in [0, 0.05) is 37.1 Å². The fourth-order valence-electron chi connectivity index (χ4n) is 3.05. The molecule has 1 saturated heterocycles. The monoisotopic (exact) mass is 304 g/mol. The predicted molar refractivity (Wildman–Crippen MR) is 94.8 cm³/mol. The molecule has 4 heteroatoms. The average molecular weight is 304 g/mol. The minimum atomic E-state index is 0.835. The Morgan fingerprint density at radius 3 is 2.52 bits per heavy atom. The van der Waals surface area contributed by atoms with Gasteiger partial charge in [-0.1, -0.05) is 42.0 Å². The summed E-state index contributed by atoms with van der Waals surface area (Å²) >= 11 is 0. The normalized spacial score (nSPS) is 15.1. The van der Waals surface area contributed by atoms with Gasteiger partial charge in [-0.3, -0.25) is 0 Å². The van der Waals surface area contributed by atoms with Gasteiger partial charge in [0.1, 0.15) is 0 Å². The van der Waals surface area contributed by atoms with Crippen molar-refractivity contribution in [3.63, 3.8) is 0 Å². The number of nitrogens with one attached hydrogen (secondary N) is 1. The number of hydrogen-bond donors (Lipinski definition) is 1. The van der Waals surface area contributed by atoms with Crippen molar-refractivity contribution in [2.45, 2.75) is 6.92 Å². The molecule has 0 amide bonds. The van der Waals surface area contributed by atoms with Crippen LogP contribution in [-0.4, -0.2) is 36.1 Å². The summed E-state index contributed by atoms with van der Waals surface area (Å²) in [6.07, 6.45) is 0. The standard InChI is InChI=1S/C19H20N4/c1-14-7-8-17-16(13-14)18(15-5-3-2-4-6-15)22-19(21-17)23-11-9-20-10-12-23/h2-8,13,20H,9-12H2,1H3. The molecule has 116 valence electrons. The highest BCUT2D eigenvalue weighted by molar-refractivity contribution is 5.93. The number of aryl methyl sites for hydroxylation is 1. The molecule has 1 fully saturated rings. The summed E-state index contributed by atoms with van der Waals surface area (Å²) in [5, 5.41) is 4.50. The summed E-state index contributed by atoms with van der Waals surface area (Å²) < 4.78 is 0. The molecule has 2 heterocycles.